The highest BCUT2D eigenvalue weighted by Gasteiger charge is 2.04. The number of tetrazole rings is 1. The molecule has 1 aromatic carbocycles. The van der Waals surface area contributed by atoms with Crippen LogP contribution in [-0.2, 0) is 11.3 Å². The number of H-pyrrole nitrogens is 1. The number of rotatable bonds is 6. The highest BCUT2D eigenvalue weighted by Crippen LogP contribution is 2.18. The van der Waals surface area contributed by atoms with Crippen molar-refractivity contribution < 1.29 is 9.18 Å². The molecule has 0 atom stereocenters. The van der Waals surface area contributed by atoms with Gasteiger partial charge < -0.3 is 5.32 Å². The molecule has 0 spiro atoms. The Labute approximate surface area is 113 Å². The van der Waals surface area contributed by atoms with Gasteiger partial charge in [-0.05, 0) is 24.3 Å². The van der Waals surface area contributed by atoms with Crippen molar-refractivity contribution in [3.63, 3.8) is 0 Å². The topological polar surface area (TPSA) is 83.6 Å². The molecule has 2 aromatic rings. The first-order valence-electron chi connectivity index (χ1n) is 5.61. The van der Waals surface area contributed by atoms with Crippen LogP contribution in [0.4, 0.5) is 4.39 Å². The number of nitrogens with one attached hydrogen (secondary N) is 2. The van der Waals surface area contributed by atoms with E-state index in [1.165, 1.54) is 23.9 Å². The normalized spacial score (nSPS) is 10.4. The van der Waals surface area contributed by atoms with Crippen molar-refractivity contribution in [3.05, 3.63) is 35.9 Å². The van der Waals surface area contributed by atoms with Gasteiger partial charge in [-0.25, -0.2) is 4.39 Å². The number of aromatic nitrogens is 4. The molecule has 2 N–H and O–H groups in total. The molecule has 8 heteroatoms. The molecule has 1 amide bonds. The van der Waals surface area contributed by atoms with Crippen molar-refractivity contribution in [3.8, 4) is 0 Å². The van der Waals surface area contributed by atoms with Gasteiger partial charge in [-0.2, -0.15) is 5.21 Å². The van der Waals surface area contributed by atoms with Gasteiger partial charge in [0.05, 0.1) is 6.54 Å². The molecule has 6 nitrogen and oxygen atoms in total. The molecule has 2 rings (SSSR count). The Morgan fingerprint density at radius 3 is 2.84 bits per heavy atom. The number of halogens is 1. The molecule has 0 bridgehead atoms. The lowest BCUT2D eigenvalue weighted by Crippen LogP contribution is -2.23. The second kappa shape index (κ2) is 6.83. The van der Waals surface area contributed by atoms with Crippen molar-refractivity contribution >= 4 is 17.7 Å². The Bertz CT molecular complexity index is 516. The standard InChI is InChI=1S/C11H12FN5OS/c12-8-1-3-9(4-2-8)19-6-5-11(18)13-7-10-14-16-17-15-10/h1-4H,5-7H2,(H,13,18)(H,14,15,16,17). The lowest BCUT2D eigenvalue weighted by atomic mass is 10.4. The number of benzene rings is 1. The van der Waals surface area contributed by atoms with Gasteiger partial charge in [0.2, 0.25) is 5.91 Å². The maximum absolute atomic E-state index is 12.7. The second-order valence-electron chi connectivity index (χ2n) is 3.66. The molecule has 1 aromatic heterocycles. The van der Waals surface area contributed by atoms with Crippen LogP contribution >= 0.6 is 11.8 Å². The van der Waals surface area contributed by atoms with Gasteiger partial charge >= 0.3 is 0 Å². The molecular weight excluding hydrogens is 269 g/mol. The van der Waals surface area contributed by atoms with Crippen molar-refractivity contribution in [2.45, 2.75) is 17.9 Å². The maximum Gasteiger partial charge on any atom is 0.221 e. The van der Waals surface area contributed by atoms with Gasteiger partial charge in [-0.3, -0.25) is 4.79 Å². The zero-order valence-corrected chi connectivity index (χ0v) is 10.8. The van der Waals surface area contributed by atoms with Gasteiger partial charge in [-0.15, -0.1) is 22.0 Å². The van der Waals surface area contributed by atoms with Gasteiger partial charge in [0.25, 0.3) is 0 Å². The van der Waals surface area contributed by atoms with Crippen LogP contribution in [0.2, 0.25) is 0 Å². The van der Waals surface area contributed by atoms with Crippen molar-refractivity contribution in [1.82, 2.24) is 25.9 Å². The summed E-state index contributed by atoms with van der Waals surface area (Å²) in [5.74, 6) is 0.727. The Morgan fingerprint density at radius 2 is 2.16 bits per heavy atom. The predicted octanol–water partition coefficient (Wildman–Crippen LogP) is 1.14. The van der Waals surface area contributed by atoms with Crippen LogP contribution < -0.4 is 5.32 Å². The van der Waals surface area contributed by atoms with Crippen LogP contribution in [0.15, 0.2) is 29.2 Å². The summed E-state index contributed by atoms with van der Waals surface area (Å²) in [4.78, 5) is 12.4. The maximum atomic E-state index is 12.7. The molecule has 100 valence electrons. The summed E-state index contributed by atoms with van der Waals surface area (Å²) in [6.07, 6.45) is 0.375. The molecular formula is C11H12FN5OS. The van der Waals surface area contributed by atoms with E-state index in [0.29, 0.717) is 18.0 Å². The summed E-state index contributed by atoms with van der Waals surface area (Å²) in [6, 6.07) is 6.19. The Morgan fingerprint density at radius 1 is 1.37 bits per heavy atom. The van der Waals surface area contributed by atoms with Crippen molar-refractivity contribution in [2.75, 3.05) is 5.75 Å². The van der Waals surface area contributed by atoms with Gasteiger partial charge in [0.15, 0.2) is 5.82 Å². The second-order valence-corrected chi connectivity index (χ2v) is 4.83. The van der Waals surface area contributed by atoms with Crippen LogP contribution in [-0.4, -0.2) is 32.3 Å². The van der Waals surface area contributed by atoms with Crippen LogP contribution in [0.3, 0.4) is 0 Å². The summed E-state index contributed by atoms with van der Waals surface area (Å²) < 4.78 is 12.7. The number of aromatic amines is 1. The summed E-state index contributed by atoms with van der Waals surface area (Å²) in [7, 11) is 0. The third-order valence-corrected chi connectivity index (χ3v) is 3.26. The monoisotopic (exact) mass is 281 g/mol. The number of carbonyl (C=O) groups is 1. The van der Waals surface area contributed by atoms with E-state index in [1.807, 2.05) is 0 Å². The van der Waals surface area contributed by atoms with E-state index in [9.17, 15) is 9.18 Å². The zero-order chi connectivity index (χ0) is 13.5. The Hall–Kier alpha value is -1.96. The first-order valence-corrected chi connectivity index (χ1v) is 6.60. The minimum Gasteiger partial charge on any atom is -0.349 e. The average molecular weight is 281 g/mol. The molecule has 19 heavy (non-hydrogen) atoms. The summed E-state index contributed by atoms with van der Waals surface area (Å²) in [5, 5.41) is 15.8. The van der Waals surface area contributed by atoms with E-state index in [-0.39, 0.29) is 18.3 Å². The third kappa shape index (κ3) is 4.66. The van der Waals surface area contributed by atoms with E-state index in [0.717, 1.165) is 4.90 Å². The van der Waals surface area contributed by atoms with E-state index < -0.39 is 0 Å². The fraction of sp³-hybridized carbons (Fsp3) is 0.273. The SMILES string of the molecule is O=C(CCSc1ccc(F)cc1)NCc1nn[nH]n1. The molecule has 0 aliphatic rings. The van der Waals surface area contributed by atoms with Gasteiger partial charge in [0, 0.05) is 17.1 Å². The number of hydrogen-bond acceptors (Lipinski definition) is 5. The molecule has 0 aliphatic heterocycles. The molecule has 0 radical (unpaired) electrons. The number of nitrogens with zero attached hydrogens (tertiary/aromatic N) is 3. The lowest BCUT2D eigenvalue weighted by Gasteiger charge is -2.03. The molecule has 0 fully saturated rings. The van der Waals surface area contributed by atoms with E-state index >= 15 is 0 Å². The molecule has 0 unspecified atom stereocenters. The number of thioether (sulfide) groups is 1. The molecule has 1 heterocycles. The fourth-order valence-corrected chi connectivity index (χ4v) is 2.17. The fourth-order valence-electron chi connectivity index (χ4n) is 1.32. The Kier molecular flexibility index (Phi) is 4.85. The van der Waals surface area contributed by atoms with Gasteiger partial charge in [0.1, 0.15) is 5.82 Å². The summed E-state index contributed by atoms with van der Waals surface area (Å²) in [5.41, 5.74) is 0. The highest BCUT2D eigenvalue weighted by atomic mass is 32.2. The zero-order valence-electron chi connectivity index (χ0n) is 9.97. The predicted molar refractivity (Wildman–Crippen MR) is 67.8 cm³/mol. The van der Waals surface area contributed by atoms with E-state index in [4.69, 9.17) is 0 Å². The number of amides is 1. The summed E-state index contributed by atoms with van der Waals surface area (Å²) >= 11 is 1.50. The Balaban J connectivity index is 1.65. The largest absolute Gasteiger partial charge is 0.349 e. The smallest absolute Gasteiger partial charge is 0.221 e. The van der Waals surface area contributed by atoms with Crippen LogP contribution in [0.25, 0.3) is 0 Å². The molecule has 0 saturated heterocycles. The summed E-state index contributed by atoms with van der Waals surface area (Å²) in [6.45, 7) is 0.260. The first-order chi connectivity index (χ1) is 9.24. The van der Waals surface area contributed by atoms with Crippen LogP contribution in [0.5, 0.6) is 0 Å². The van der Waals surface area contributed by atoms with E-state index in [1.54, 1.807) is 12.1 Å². The lowest BCUT2D eigenvalue weighted by molar-refractivity contribution is -0.120. The number of hydrogen-bond donors (Lipinski definition) is 2. The average Bonchev–Trinajstić information content (AvgIpc) is 2.92. The van der Waals surface area contributed by atoms with Crippen molar-refractivity contribution in [2.24, 2.45) is 0 Å². The minimum absolute atomic E-state index is 0.0839. The van der Waals surface area contributed by atoms with Crippen LogP contribution in [0, 0.1) is 5.82 Å². The third-order valence-electron chi connectivity index (χ3n) is 2.24. The van der Waals surface area contributed by atoms with Gasteiger partial charge in [-0.1, -0.05) is 5.21 Å². The van der Waals surface area contributed by atoms with Crippen LogP contribution in [0.1, 0.15) is 12.2 Å². The quantitative estimate of drug-likeness (QED) is 0.776. The minimum atomic E-state index is -0.262. The van der Waals surface area contributed by atoms with Crippen molar-refractivity contribution in [1.29, 1.82) is 0 Å². The molecule has 0 saturated carbocycles. The molecule has 0 aliphatic carbocycles. The number of carbonyl (C=O) groups excluding carboxylic acids is 1. The first kappa shape index (κ1) is 13.5. The van der Waals surface area contributed by atoms with E-state index in [2.05, 4.69) is 25.9 Å². The highest BCUT2D eigenvalue weighted by molar-refractivity contribution is 7.99.